The van der Waals surface area contributed by atoms with Crippen molar-refractivity contribution >= 4 is 8.07 Å². The number of hydrogen-bond donors (Lipinski definition) is 1. The van der Waals surface area contributed by atoms with Crippen LogP contribution in [-0.4, -0.2) is 34.9 Å². The average Bonchev–Trinajstić information content (AvgIpc) is 2.42. The average molecular weight is 294 g/mol. The zero-order valence-electron chi connectivity index (χ0n) is 13.8. The second-order valence-electron chi connectivity index (χ2n) is 6.91. The third kappa shape index (κ3) is 5.39. The molecule has 0 aliphatic heterocycles. The molecular weight excluding hydrogens is 262 g/mol. The van der Waals surface area contributed by atoms with Gasteiger partial charge in [0.25, 0.3) is 0 Å². The minimum absolute atomic E-state index is 0.263. The number of ether oxygens (including phenoxy) is 1. The van der Waals surface area contributed by atoms with Gasteiger partial charge in [-0.05, 0) is 18.0 Å². The molecule has 0 aliphatic carbocycles. The zero-order chi connectivity index (χ0) is 15.1. The molecule has 1 aromatic carbocycles. The maximum atomic E-state index is 5.14. The van der Waals surface area contributed by atoms with Crippen molar-refractivity contribution < 1.29 is 4.74 Å². The van der Waals surface area contributed by atoms with Crippen LogP contribution < -0.4 is 5.32 Å². The van der Waals surface area contributed by atoms with Crippen LogP contribution in [0.1, 0.15) is 18.9 Å². The summed E-state index contributed by atoms with van der Waals surface area (Å²) in [5, 5.41) is 3.60. The summed E-state index contributed by atoms with van der Waals surface area (Å²) in [6.45, 7) is 12.5. The second-order valence-corrected chi connectivity index (χ2v) is 12.4. The topological polar surface area (TPSA) is 21.3 Å². The molecule has 1 atom stereocenters. The van der Waals surface area contributed by atoms with Crippen molar-refractivity contribution in [3.8, 4) is 0 Å². The lowest BCUT2D eigenvalue weighted by molar-refractivity contribution is 0.196. The number of nitrogens with one attached hydrogen (secondary N) is 1. The minimum atomic E-state index is -1.14. The van der Waals surface area contributed by atoms with Gasteiger partial charge in [-0.3, -0.25) is 0 Å². The fourth-order valence-corrected chi connectivity index (χ4v) is 5.64. The molecule has 2 nitrogen and oxygen atoms in total. The van der Waals surface area contributed by atoms with Gasteiger partial charge in [-0.15, -0.1) is 0 Å². The molecule has 1 aromatic rings. The van der Waals surface area contributed by atoms with E-state index in [2.05, 4.69) is 62.2 Å². The highest BCUT2D eigenvalue weighted by Crippen LogP contribution is 2.36. The van der Waals surface area contributed by atoms with E-state index < -0.39 is 8.07 Å². The SMILES string of the molecule is CCC(CNCCOC)(C[Si](C)(C)C)c1ccccc1. The Kier molecular flexibility index (Phi) is 6.93. The Bertz CT molecular complexity index is 374. The fourth-order valence-electron chi connectivity index (χ4n) is 3.03. The van der Waals surface area contributed by atoms with Crippen LogP contribution >= 0.6 is 0 Å². The molecule has 0 aliphatic rings. The monoisotopic (exact) mass is 293 g/mol. The molecule has 0 spiro atoms. The van der Waals surface area contributed by atoms with Crippen LogP contribution in [0, 0.1) is 0 Å². The van der Waals surface area contributed by atoms with Crippen LogP contribution in [-0.2, 0) is 10.2 Å². The highest BCUT2D eigenvalue weighted by Gasteiger charge is 2.35. The molecule has 0 saturated carbocycles. The largest absolute Gasteiger partial charge is 0.383 e. The van der Waals surface area contributed by atoms with E-state index in [9.17, 15) is 0 Å². The van der Waals surface area contributed by atoms with E-state index in [4.69, 9.17) is 4.74 Å². The van der Waals surface area contributed by atoms with Crippen molar-refractivity contribution in [1.82, 2.24) is 5.32 Å². The van der Waals surface area contributed by atoms with E-state index in [0.717, 1.165) is 19.7 Å². The van der Waals surface area contributed by atoms with Crippen molar-refractivity contribution in [1.29, 1.82) is 0 Å². The van der Waals surface area contributed by atoms with E-state index in [1.807, 2.05) is 0 Å². The predicted octanol–water partition coefficient (Wildman–Crippen LogP) is 3.91. The molecule has 114 valence electrons. The minimum Gasteiger partial charge on any atom is -0.383 e. The van der Waals surface area contributed by atoms with Gasteiger partial charge in [0.2, 0.25) is 0 Å². The molecule has 0 heterocycles. The molecule has 0 radical (unpaired) electrons. The van der Waals surface area contributed by atoms with Gasteiger partial charge in [0, 0.05) is 33.7 Å². The summed E-state index contributed by atoms with van der Waals surface area (Å²) < 4.78 is 5.14. The number of hydrogen-bond acceptors (Lipinski definition) is 2. The third-order valence-corrected chi connectivity index (χ3v) is 5.62. The first kappa shape index (κ1) is 17.4. The summed E-state index contributed by atoms with van der Waals surface area (Å²) in [6.07, 6.45) is 1.18. The maximum absolute atomic E-state index is 5.14. The molecule has 0 fully saturated rings. The van der Waals surface area contributed by atoms with Gasteiger partial charge in [0.15, 0.2) is 0 Å². The molecule has 0 aromatic heterocycles. The first-order valence-corrected chi connectivity index (χ1v) is 11.4. The summed E-state index contributed by atoms with van der Waals surface area (Å²) in [5.41, 5.74) is 1.74. The second kappa shape index (κ2) is 7.96. The van der Waals surface area contributed by atoms with Crippen molar-refractivity contribution in [2.45, 2.75) is 44.4 Å². The maximum Gasteiger partial charge on any atom is 0.0587 e. The van der Waals surface area contributed by atoms with Crippen LogP contribution in [0.4, 0.5) is 0 Å². The van der Waals surface area contributed by atoms with Crippen molar-refractivity contribution in [3.05, 3.63) is 35.9 Å². The molecule has 1 rings (SSSR count). The van der Waals surface area contributed by atoms with Gasteiger partial charge in [-0.1, -0.05) is 56.9 Å². The van der Waals surface area contributed by atoms with Crippen molar-refractivity contribution in [2.24, 2.45) is 0 Å². The summed E-state index contributed by atoms with van der Waals surface area (Å²) in [4.78, 5) is 0. The molecule has 3 heteroatoms. The quantitative estimate of drug-likeness (QED) is 0.550. The van der Waals surface area contributed by atoms with Crippen molar-refractivity contribution in [3.63, 3.8) is 0 Å². The lowest BCUT2D eigenvalue weighted by atomic mass is 9.79. The Morgan fingerprint density at radius 1 is 1.15 bits per heavy atom. The van der Waals surface area contributed by atoms with E-state index >= 15 is 0 Å². The van der Waals surface area contributed by atoms with Crippen LogP contribution in [0.3, 0.4) is 0 Å². The summed E-state index contributed by atoms with van der Waals surface area (Å²) >= 11 is 0. The fraction of sp³-hybridized carbons (Fsp3) is 0.647. The van der Waals surface area contributed by atoms with Gasteiger partial charge < -0.3 is 10.1 Å². The predicted molar refractivity (Wildman–Crippen MR) is 91.3 cm³/mol. The van der Waals surface area contributed by atoms with Gasteiger partial charge >= 0.3 is 0 Å². The highest BCUT2D eigenvalue weighted by atomic mass is 28.3. The van der Waals surface area contributed by atoms with Gasteiger partial charge in [-0.2, -0.15) is 0 Å². The van der Waals surface area contributed by atoms with Crippen LogP contribution in [0.5, 0.6) is 0 Å². The summed E-state index contributed by atoms with van der Waals surface area (Å²) in [5.74, 6) is 0. The smallest absolute Gasteiger partial charge is 0.0587 e. The molecule has 1 unspecified atom stereocenters. The van der Waals surface area contributed by atoms with Gasteiger partial charge in [-0.25, -0.2) is 0 Å². The van der Waals surface area contributed by atoms with Crippen LogP contribution in [0.2, 0.25) is 25.7 Å². The normalized spacial score (nSPS) is 15.1. The molecule has 1 N–H and O–H groups in total. The molecular formula is C17H31NOSi. The number of benzene rings is 1. The van der Waals surface area contributed by atoms with E-state index in [-0.39, 0.29) is 5.41 Å². The van der Waals surface area contributed by atoms with E-state index in [0.29, 0.717) is 0 Å². The number of rotatable bonds is 9. The number of methoxy groups -OCH3 is 1. The van der Waals surface area contributed by atoms with Crippen LogP contribution in [0.15, 0.2) is 30.3 Å². The zero-order valence-corrected chi connectivity index (χ0v) is 14.8. The van der Waals surface area contributed by atoms with Crippen molar-refractivity contribution in [2.75, 3.05) is 26.8 Å². The van der Waals surface area contributed by atoms with Gasteiger partial charge in [0.05, 0.1) is 6.61 Å². The molecule has 20 heavy (non-hydrogen) atoms. The van der Waals surface area contributed by atoms with Gasteiger partial charge in [0.1, 0.15) is 0 Å². The van der Waals surface area contributed by atoms with E-state index in [1.165, 1.54) is 18.0 Å². The molecule has 0 bridgehead atoms. The summed E-state index contributed by atoms with van der Waals surface area (Å²) in [6, 6.07) is 12.3. The molecule has 0 amide bonds. The Morgan fingerprint density at radius 2 is 1.80 bits per heavy atom. The Labute approximate surface area is 125 Å². The Morgan fingerprint density at radius 3 is 2.30 bits per heavy atom. The Balaban J connectivity index is 2.91. The lowest BCUT2D eigenvalue weighted by Crippen LogP contribution is -2.44. The van der Waals surface area contributed by atoms with Crippen LogP contribution in [0.25, 0.3) is 0 Å². The highest BCUT2D eigenvalue weighted by molar-refractivity contribution is 6.76. The van der Waals surface area contributed by atoms with E-state index in [1.54, 1.807) is 7.11 Å². The first-order valence-electron chi connectivity index (χ1n) is 7.69. The third-order valence-electron chi connectivity index (χ3n) is 3.88. The Hall–Kier alpha value is -0.643. The lowest BCUT2D eigenvalue weighted by Gasteiger charge is -2.38. The first-order chi connectivity index (χ1) is 9.43. The molecule has 0 saturated heterocycles. The standard InChI is InChI=1S/C17H31NOSi/c1-6-17(15-20(3,4)5,14-18-12-13-19-2)16-10-8-7-9-11-16/h7-11,18H,6,12-15H2,1-5H3. The summed E-state index contributed by atoms with van der Waals surface area (Å²) in [7, 11) is 0.622.